The number of rotatable bonds is 2. The minimum Gasteiger partial charge on any atom is -0.507 e. The van der Waals surface area contributed by atoms with Crippen LogP contribution in [0.15, 0.2) is 51.6 Å². The van der Waals surface area contributed by atoms with Crippen molar-refractivity contribution in [3.8, 4) is 11.5 Å². The maximum atomic E-state index is 13.1. The van der Waals surface area contributed by atoms with E-state index in [0.717, 1.165) is 5.57 Å². The number of carbonyl (C=O) groups is 4. The monoisotopic (exact) mass is 483 g/mol. The summed E-state index contributed by atoms with van der Waals surface area (Å²) in [5, 5.41) is 13.2. The fourth-order valence-electron chi connectivity index (χ4n) is 5.45. The van der Waals surface area contributed by atoms with Crippen LogP contribution in [0.4, 0.5) is 0 Å². The Morgan fingerprint density at radius 2 is 1.90 bits per heavy atom. The molecular formula is C23H18BrNO6. The Hall–Kier alpha value is -3.00. The van der Waals surface area contributed by atoms with E-state index >= 15 is 0 Å². The summed E-state index contributed by atoms with van der Waals surface area (Å²) in [6.07, 6.45) is 3.67. The van der Waals surface area contributed by atoms with Crippen LogP contribution in [-0.4, -0.2) is 35.6 Å². The topological polar surface area (TPSA) is 110 Å². The van der Waals surface area contributed by atoms with Crippen molar-refractivity contribution < 1.29 is 29.0 Å². The lowest BCUT2D eigenvalue weighted by atomic mass is 9.59. The van der Waals surface area contributed by atoms with Crippen LogP contribution < -0.4 is 10.1 Å². The molecule has 1 aliphatic heterocycles. The van der Waals surface area contributed by atoms with E-state index in [0.29, 0.717) is 28.9 Å². The summed E-state index contributed by atoms with van der Waals surface area (Å²) in [5.74, 6) is -3.31. The molecule has 1 fully saturated rings. The van der Waals surface area contributed by atoms with Crippen LogP contribution in [0.1, 0.15) is 24.3 Å². The smallest absolute Gasteiger partial charge is 0.231 e. The number of fused-ring (bicyclic) bond motifs is 3. The zero-order chi connectivity index (χ0) is 22.0. The number of ether oxygens (including phenoxy) is 1. The van der Waals surface area contributed by atoms with Crippen LogP contribution in [0.3, 0.4) is 0 Å². The maximum Gasteiger partial charge on any atom is 0.231 e. The molecule has 1 saturated heterocycles. The van der Waals surface area contributed by atoms with Crippen molar-refractivity contribution in [3.63, 3.8) is 0 Å². The minimum absolute atomic E-state index is 0.0688. The zero-order valence-corrected chi connectivity index (χ0v) is 18.1. The van der Waals surface area contributed by atoms with E-state index in [1.807, 2.05) is 6.08 Å². The summed E-state index contributed by atoms with van der Waals surface area (Å²) in [4.78, 5) is 51.1. The number of allylic oxidation sites excluding steroid dienone is 6. The van der Waals surface area contributed by atoms with Gasteiger partial charge in [-0.15, -0.1) is 0 Å². The highest BCUT2D eigenvalue weighted by Gasteiger charge is 2.54. The number of imide groups is 1. The van der Waals surface area contributed by atoms with Crippen molar-refractivity contribution in [1.82, 2.24) is 5.32 Å². The van der Waals surface area contributed by atoms with E-state index in [1.165, 1.54) is 19.3 Å². The molecule has 0 bridgehead atoms. The lowest BCUT2D eigenvalue weighted by molar-refractivity contribution is -0.126. The van der Waals surface area contributed by atoms with Gasteiger partial charge in [0.25, 0.3) is 0 Å². The first kappa shape index (κ1) is 19.9. The zero-order valence-electron chi connectivity index (χ0n) is 16.5. The predicted octanol–water partition coefficient (Wildman–Crippen LogP) is 2.45. The molecule has 0 radical (unpaired) electrons. The highest BCUT2D eigenvalue weighted by atomic mass is 79.9. The minimum atomic E-state index is -0.748. The molecule has 3 aliphatic carbocycles. The molecule has 2 amide bonds. The van der Waals surface area contributed by atoms with Gasteiger partial charge in [-0.25, -0.2) is 0 Å². The van der Waals surface area contributed by atoms with Gasteiger partial charge in [0.2, 0.25) is 11.8 Å². The normalized spacial score (nSPS) is 29.6. The van der Waals surface area contributed by atoms with Crippen molar-refractivity contribution >= 4 is 39.3 Å². The lowest BCUT2D eigenvalue weighted by Crippen LogP contribution is -2.39. The van der Waals surface area contributed by atoms with Gasteiger partial charge in [0, 0.05) is 28.7 Å². The molecule has 5 rings (SSSR count). The summed E-state index contributed by atoms with van der Waals surface area (Å²) < 4.78 is 5.64. The van der Waals surface area contributed by atoms with Gasteiger partial charge in [-0.1, -0.05) is 17.7 Å². The third-order valence-corrected chi connectivity index (χ3v) is 7.31. The fourth-order valence-corrected chi connectivity index (χ4v) is 5.90. The van der Waals surface area contributed by atoms with Gasteiger partial charge in [0.05, 0.1) is 23.4 Å². The highest BCUT2D eigenvalue weighted by molar-refractivity contribution is 9.12. The van der Waals surface area contributed by atoms with Gasteiger partial charge in [-0.05, 0) is 46.8 Å². The third kappa shape index (κ3) is 2.77. The fraction of sp³-hybridized carbons (Fsp3) is 0.304. The van der Waals surface area contributed by atoms with E-state index in [9.17, 15) is 24.3 Å². The van der Waals surface area contributed by atoms with Crippen LogP contribution in [0.25, 0.3) is 0 Å². The summed E-state index contributed by atoms with van der Waals surface area (Å²) in [5.41, 5.74) is 1.74. The predicted molar refractivity (Wildman–Crippen MR) is 112 cm³/mol. The molecule has 158 valence electrons. The molecule has 1 aromatic carbocycles. The van der Waals surface area contributed by atoms with Gasteiger partial charge in [-0.2, -0.15) is 0 Å². The van der Waals surface area contributed by atoms with Crippen molar-refractivity contribution in [2.24, 2.45) is 17.8 Å². The number of amides is 2. The number of hydrogen-bond acceptors (Lipinski definition) is 6. The molecule has 7 nitrogen and oxygen atoms in total. The number of ketones is 2. The molecule has 0 saturated carbocycles. The van der Waals surface area contributed by atoms with Crippen molar-refractivity contribution in [3.05, 3.63) is 57.1 Å². The number of carbonyl (C=O) groups excluding carboxylic acids is 4. The molecule has 1 aromatic rings. The maximum absolute atomic E-state index is 13.1. The van der Waals surface area contributed by atoms with Gasteiger partial charge >= 0.3 is 0 Å². The molecule has 1 heterocycles. The molecule has 2 N–H and O–H groups in total. The summed E-state index contributed by atoms with van der Waals surface area (Å²) in [6.45, 7) is 0. The Morgan fingerprint density at radius 1 is 1.13 bits per heavy atom. The summed E-state index contributed by atoms with van der Waals surface area (Å²) in [7, 11) is 1.46. The molecule has 0 aromatic heterocycles. The van der Waals surface area contributed by atoms with Crippen molar-refractivity contribution in [2.45, 2.75) is 18.8 Å². The number of phenols is 1. The number of halogens is 1. The Bertz CT molecular complexity index is 1180. The summed E-state index contributed by atoms with van der Waals surface area (Å²) >= 11 is 3.18. The molecule has 4 atom stereocenters. The van der Waals surface area contributed by atoms with Gasteiger partial charge in [0.1, 0.15) is 11.5 Å². The first-order chi connectivity index (χ1) is 14.8. The van der Waals surface area contributed by atoms with E-state index in [-0.39, 0.29) is 40.0 Å². The number of aromatic hydroxyl groups is 1. The van der Waals surface area contributed by atoms with E-state index in [2.05, 4.69) is 21.2 Å². The molecular weight excluding hydrogens is 466 g/mol. The Labute approximate surface area is 186 Å². The average Bonchev–Trinajstić information content (AvgIpc) is 3.04. The first-order valence-electron chi connectivity index (χ1n) is 9.93. The number of methoxy groups -OCH3 is 1. The largest absolute Gasteiger partial charge is 0.507 e. The highest BCUT2D eigenvalue weighted by Crippen LogP contribution is 2.56. The second kappa shape index (κ2) is 7.02. The number of hydrogen-bond donors (Lipinski definition) is 2. The molecule has 0 spiro atoms. The van der Waals surface area contributed by atoms with Crippen molar-refractivity contribution in [2.75, 3.05) is 7.11 Å². The van der Waals surface area contributed by atoms with E-state index in [4.69, 9.17) is 4.74 Å². The Kier molecular flexibility index (Phi) is 4.51. The second-order valence-corrected chi connectivity index (χ2v) is 8.99. The Balaban J connectivity index is 1.77. The van der Waals surface area contributed by atoms with E-state index in [1.54, 1.807) is 12.1 Å². The molecule has 8 heteroatoms. The van der Waals surface area contributed by atoms with Gasteiger partial charge in [-0.3, -0.25) is 24.5 Å². The van der Waals surface area contributed by atoms with Crippen LogP contribution in [-0.2, 0) is 19.2 Å². The lowest BCUT2D eigenvalue weighted by Gasteiger charge is -2.42. The SMILES string of the molecule is COc1cccc(O)c1C1C2=CCC3C(=O)NC(=O)C3C2CC2=C1C(=O)C=C(Br)C2=O. The summed E-state index contributed by atoms with van der Waals surface area (Å²) in [6, 6.07) is 4.81. The standard InChI is InChI=1S/C23H18BrNO6/c1-31-16-4-2-3-14(26)20(16)19-9-5-6-10-17(23(30)25-22(10)29)11(9)7-12-18(19)15(27)8-13(24)21(12)28/h2-5,8,10-11,17,19,26H,6-7H2,1H3,(H,25,29,30). The number of benzene rings is 1. The first-order valence-corrected chi connectivity index (χ1v) is 10.7. The van der Waals surface area contributed by atoms with Gasteiger partial charge < -0.3 is 9.84 Å². The van der Waals surface area contributed by atoms with Gasteiger partial charge in [0.15, 0.2) is 11.6 Å². The molecule has 4 aliphatic rings. The van der Waals surface area contributed by atoms with Crippen LogP contribution in [0.2, 0.25) is 0 Å². The van der Waals surface area contributed by atoms with E-state index < -0.39 is 23.7 Å². The second-order valence-electron chi connectivity index (χ2n) is 8.14. The third-order valence-electron chi connectivity index (χ3n) is 6.73. The van der Waals surface area contributed by atoms with Crippen LogP contribution in [0.5, 0.6) is 11.5 Å². The van der Waals surface area contributed by atoms with Crippen molar-refractivity contribution in [1.29, 1.82) is 0 Å². The average molecular weight is 484 g/mol. The van der Waals surface area contributed by atoms with Crippen LogP contribution >= 0.6 is 15.9 Å². The number of phenolic OH excluding ortho intramolecular Hbond substituents is 1. The molecule has 4 unspecified atom stereocenters. The van der Waals surface area contributed by atoms with Crippen LogP contribution in [0, 0.1) is 17.8 Å². The molecule has 31 heavy (non-hydrogen) atoms. The quantitative estimate of drug-likeness (QED) is 0.379. The number of nitrogens with one attached hydrogen (secondary N) is 1. The Morgan fingerprint density at radius 3 is 2.65 bits per heavy atom. The number of Topliss-reactive ketones (excluding diaryl/α,β-unsaturated/α-hetero) is 1.